The predicted molar refractivity (Wildman–Crippen MR) is 109 cm³/mol. The largest absolute Gasteiger partial charge is 0.353 e. The second kappa shape index (κ2) is 7.72. The predicted octanol–water partition coefficient (Wildman–Crippen LogP) is 2.34. The molecule has 0 bridgehead atoms. The molecule has 0 atom stereocenters. The van der Waals surface area contributed by atoms with Crippen LogP contribution < -0.4 is 10.2 Å². The van der Waals surface area contributed by atoms with Gasteiger partial charge in [0.1, 0.15) is 12.4 Å². The van der Waals surface area contributed by atoms with Crippen molar-refractivity contribution in [3.8, 4) is 0 Å². The van der Waals surface area contributed by atoms with Gasteiger partial charge >= 0.3 is 0 Å². The monoisotopic (exact) mass is 377 g/mol. The summed E-state index contributed by atoms with van der Waals surface area (Å²) in [6.07, 6.45) is 3.69. The van der Waals surface area contributed by atoms with Crippen LogP contribution in [0.15, 0.2) is 54.9 Å². The third-order valence-electron chi connectivity index (χ3n) is 5.04. The lowest BCUT2D eigenvalue weighted by Crippen LogP contribution is -2.49. The van der Waals surface area contributed by atoms with Crippen LogP contribution in [0.5, 0.6) is 0 Å². The Bertz CT molecular complexity index is 990. The van der Waals surface area contributed by atoms with Crippen molar-refractivity contribution < 1.29 is 9.59 Å². The average Bonchev–Trinajstić information content (AvgIpc) is 3.12. The van der Waals surface area contributed by atoms with Crippen LogP contribution >= 0.6 is 0 Å². The summed E-state index contributed by atoms with van der Waals surface area (Å²) in [5.41, 5.74) is 1.70. The van der Waals surface area contributed by atoms with Gasteiger partial charge in [-0.2, -0.15) is 0 Å². The van der Waals surface area contributed by atoms with Gasteiger partial charge in [0.25, 0.3) is 0 Å². The molecule has 0 spiro atoms. The fraction of sp³-hybridized carbons (Fsp3) is 0.286. The Labute approximate surface area is 163 Å². The molecular formula is C21H23N5O2. The second-order valence-corrected chi connectivity index (χ2v) is 6.92. The van der Waals surface area contributed by atoms with Gasteiger partial charge in [-0.3, -0.25) is 9.59 Å². The first-order chi connectivity index (χ1) is 13.6. The molecule has 2 aromatic heterocycles. The minimum Gasteiger partial charge on any atom is -0.353 e. The summed E-state index contributed by atoms with van der Waals surface area (Å²) in [7, 11) is 0. The number of aromatic nitrogens is 2. The number of nitrogens with one attached hydrogen (secondary N) is 1. The van der Waals surface area contributed by atoms with E-state index in [1.165, 1.54) is 6.92 Å². The minimum atomic E-state index is -0.109. The molecule has 28 heavy (non-hydrogen) atoms. The molecule has 0 saturated carbocycles. The van der Waals surface area contributed by atoms with Crippen molar-refractivity contribution in [2.75, 3.05) is 36.4 Å². The van der Waals surface area contributed by atoms with E-state index in [2.05, 4.69) is 15.2 Å². The van der Waals surface area contributed by atoms with E-state index in [-0.39, 0.29) is 18.4 Å². The number of anilines is 2. The zero-order valence-corrected chi connectivity index (χ0v) is 15.8. The number of rotatable bonds is 4. The Hall–Kier alpha value is -3.35. The van der Waals surface area contributed by atoms with Crippen LogP contribution in [-0.2, 0) is 16.1 Å². The summed E-state index contributed by atoms with van der Waals surface area (Å²) in [4.78, 5) is 32.7. The molecule has 1 aromatic carbocycles. The van der Waals surface area contributed by atoms with E-state index in [0.717, 1.165) is 35.5 Å². The molecule has 144 valence electrons. The van der Waals surface area contributed by atoms with Gasteiger partial charge in [-0.25, -0.2) is 4.98 Å². The first kappa shape index (κ1) is 18.0. The summed E-state index contributed by atoms with van der Waals surface area (Å²) in [5, 5.41) is 3.77. The Morgan fingerprint density at radius 2 is 1.86 bits per heavy atom. The third kappa shape index (κ3) is 3.69. The number of carbonyl (C=O) groups excluding carboxylic acids is 2. The summed E-state index contributed by atoms with van der Waals surface area (Å²) in [6, 6.07) is 13.5. The maximum absolute atomic E-state index is 12.8. The number of amides is 2. The molecule has 4 rings (SSSR count). The van der Waals surface area contributed by atoms with Crippen molar-refractivity contribution in [1.29, 1.82) is 0 Å². The normalized spacial score (nSPS) is 14.3. The molecule has 1 N–H and O–H groups in total. The minimum absolute atomic E-state index is 0.100. The first-order valence-corrected chi connectivity index (χ1v) is 9.41. The van der Waals surface area contributed by atoms with Gasteiger partial charge < -0.3 is 19.7 Å². The van der Waals surface area contributed by atoms with Gasteiger partial charge in [0.15, 0.2) is 0 Å². The molecule has 0 unspecified atom stereocenters. The number of carbonyl (C=O) groups is 2. The fourth-order valence-corrected chi connectivity index (χ4v) is 3.63. The van der Waals surface area contributed by atoms with Crippen molar-refractivity contribution in [2.24, 2.45) is 0 Å². The van der Waals surface area contributed by atoms with Crippen molar-refractivity contribution >= 4 is 34.2 Å². The van der Waals surface area contributed by atoms with Gasteiger partial charge in [0.05, 0.1) is 11.2 Å². The molecule has 1 aliphatic heterocycles. The van der Waals surface area contributed by atoms with Gasteiger partial charge in [0.2, 0.25) is 11.8 Å². The first-order valence-electron chi connectivity index (χ1n) is 9.41. The van der Waals surface area contributed by atoms with Gasteiger partial charge in [-0.1, -0.05) is 12.1 Å². The van der Waals surface area contributed by atoms with Crippen LogP contribution in [0.1, 0.15) is 6.92 Å². The topological polar surface area (TPSA) is 70.5 Å². The van der Waals surface area contributed by atoms with Crippen LogP contribution in [0.25, 0.3) is 10.9 Å². The highest BCUT2D eigenvalue weighted by molar-refractivity contribution is 6.01. The van der Waals surface area contributed by atoms with E-state index in [4.69, 9.17) is 0 Å². The average molecular weight is 377 g/mol. The number of hydrogen-bond donors (Lipinski definition) is 1. The zero-order valence-electron chi connectivity index (χ0n) is 15.8. The van der Waals surface area contributed by atoms with E-state index >= 15 is 0 Å². The Morgan fingerprint density at radius 1 is 1.04 bits per heavy atom. The SMILES string of the molecule is CC(=O)Nc1cccc2c1ccn2CC(=O)N1CCN(c2ccccn2)CC1. The summed E-state index contributed by atoms with van der Waals surface area (Å²) < 4.78 is 1.94. The van der Waals surface area contributed by atoms with Crippen LogP contribution in [0, 0.1) is 0 Å². The molecule has 0 aliphatic carbocycles. The number of nitrogens with zero attached hydrogens (tertiary/aromatic N) is 4. The molecule has 1 saturated heterocycles. The lowest BCUT2D eigenvalue weighted by atomic mass is 10.2. The number of fused-ring (bicyclic) bond motifs is 1. The zero-order chi connectivity index (χ0) is 19.5. The van der Waals surface area contributed by atoms with E-state index in [1.807, 2.05) is 58.1 Å². The van der Waals surface area contributed by atoms with Crippen molar-refractivity contribution in [3.63, 3.8) is 0 Å². The summed E-state index contributed by atoms with van der Waals surface area (Å²) in [5.74, 6) is 0.946. The number of piperazine rings is 1. The molecule has 3 aromatic rings. The summed E-state index contributed by atoms with van der Waals surface area (Å²) >= 11 is 0. The highest BCUT2D eigenvalue weighted by Crippen LogP contribution is 2.25. The fourth-order valence-electron chi connectivity index (χ4n) is 3.63. The Balaban J connectivity index is 1.42. The molecule has 1 fully saturated rings. The molecule has 1 aliphatic rings. The molecule has 7 nitrogen and oxygen atoms in total. The van der Waals surface area contributed by atoms with Crippen LogP contribution in [-0.4, -0.2) is 52.4 Å². The van der Waals surface area contributed by atoms with Gasteiger partial charge in [-0.05, 0) is 30.3 Å². The molecule has 3 heterocycles. The Morgan fingerprint density at radius 3 is 2.57 bits per heavy atom. The third-order valence-corrected chi connectivity index (χ3v) is 5.04. The van der Waals surface area contributed by atoms with Crippen LogP contribution in [0.2, 0.25) is 0 Å². The summed E-state index contributed by atoms with van der Waals surface area (Å²) in [6.45, 7) is 4.71. The highest BCUT2D eigenvalue weighted by Gasteiger charge is 2.22. The number of benzene rings is 1. The maximum atomic E-state index is 12.8. The molecule has 0 radical (unpaired) electrons. The van der Waals surface area contributed by atoms with E-state index < -0.39 is 0 Å². The maximum Gasteiger partial charge on any atom is 0.242 e. The van der Waals surface area contributed by atoms with E-state index in [9.17, 15) is 9.59 Å². The Kier molecular flexibility index (Phi) is 4.97. The van der Waals surface area contributed by atoms with E-state index in [0.29, 0.717) is 13.1 Å². The van der Waals surface area contributed by atoms with Crippen molar-refractivity contribution in [2.45, 2.75) is 13.5 Å². The highest BCUT2D eigenvalue weighted by atomic mass is 16.2. The van der Waals surface area contributed by atoms with Crippen molar-refractivity contribution in [1.82, 2.24) is 14.5 Å². The standard InChI is InChI=1S/C21H23N5O2/c1-16(27)23-18-5-4-6-19-17(18)8-10-26(19)15-21(28)25-13-11-24(12-14-25)20-7-2-3-9-22-20/h2-10H,11-15H2,1H3,(H,23,27). The second-order valence-electron chi connectivity index (χ2n) is 6.92. The molecule has 2 amide bonds. The van der Waals surface area contributed by atoms with Crippen LogP contribution in [0.4, 0.5) is 11.5 Å². The smallest absolute Gasteiger partial charge is 0.242 e. The number of pyridine rings is 1. The van der Waals surface area contributed by atoms with Crippen molar-refractivity contribution in [3.05, 3.63) is 54.9 Å². The van der Waals surface area contributed by atoms with Gasteiger partial charge in [0, 0.05) is 50.9 Å². The molecular weight excluding hydrogens is 354 g/mol. The number of hydrogen-bond acceptors (Lipinski definition) is 4. The van der Waals surface area contributed by atoms with Crippen LogP contribution in [0.3, 0.4) is 0 Å². The lowest BCUT2D eigenvalue weighted by Gasteiger charge is -2.35. The lowest BCUT2D eigenvalue weighted by molar-refractivity contribution is -0.132. The quantitative estimate of drug-likeness (QED) is 0.758. The van der Waals surface area contributed by atoms with Gasteiger partial charge in [-0.15, -0.1) is 0 Å². The van der Waals surface area contributed by atoms with E-state index in [1.54, 1.807) is 6.20 Å². The molecule has 7 heteroatoms.